The van der Waals surface area contributed by atoms with Crippen molar-refractivity contribution in [3.8, 4) is 0 Å². The number of hydrogen-bond acceptors (Lipinski definition) is 4. The fourth-order valence-corrected chi connectivity index (χ4v) is 5.71. The number of aromatic amines is 1. The molecule has 6 nitrogen and oxygen atoms in total. The largest absolute Gasteiger partial charge is 0.401 e. The second-order valence-electron chi connectivity index (χ2n) is 9.17. The van der Waals surface area contributed by atoms with Gasteiger partial charge in [0.25, 0.3) is 11.5 Å². The fraction of sp³-hybridized carbons (Fsp3) is 0.440. The van der Waals surface area contributed by atoms with Gasteiger partial charge in [0.05, 0.1) is 12.1 Å². The van der Waals surface area contributed by atoms with Crippen LogP contribution in [0.1, 0.15) is 40.3 Å². The molecule has 3 aromatic rings. The van der Waals surface area contributed by atoms with Crippen molar-refractivity contribution in [1.82, 2.24) is 19.8 Å². The number of nitrogens with one attached hydrogen (secondary N) is 2. The van der Waals surface area contributed by atoms with E-state index in [9.17, 15) is 22.8 Å². The number of pyridine rings is 1. The third kappa shape index (κ3) is 5.13. The van der Waals surface area contributed by atoms with Crippen molar-refractivity contribution in [2.75, 3.05) is 25.9 Å². The third-order valence-electron chi connectivity index (χ3n) is 6.74. The Labute approximate surface area is 205 Å². The fourth-order valence-electron chi connectivity index (χ4n) is 5.00. The molecule has 1 aliphatic heterocycles. The number of amides is 1. The highest BCUT2D eigenvalue weighted by atomic mass is 32.2. The van der Waals surface area contributed by atoms with E-state index in [4.69, 9.17) is 0 Å². The highest BCUT2D eigenvalue weighted by molar-refractivity contribution is 7.98. The number of aryl methyl sites for hydroxylation is 1. The summed E-state index contributed by atoms with van der Waals surface area (Å²) >= 11 is 1.45. The Kier molecular flexibility index (Phi) is 7.06. The highest BCUT2D eigenvalue weighted by Crippen LogP contribution is 2.36. The van der Waals surface area contributed by atoms with E-state index >= 15 is 0 Å². The van der Waals surface area contributed by atoms with Crippen molar-refractivity contribution in [2.24, 2.45) is 5.92 Å². The van der Waals surface area contributed by atoms with Gasteiger partial charge in [-0.3, -0.25) is 14.5 Å². The standard InChI is InChI=1S/C25H29F3N4O2S/c1-14-9-21(35-4)19(23(33)30-14)10-29-24(34)22-16(3)32(20-8-6-5-7-18(20)22)15(2)17-11-31(12-17)13-25(26,27)28/h5-9,15,17H,10-13H2,1-4H3,(H,29,34)(H,30,33)/t15-/m1/s1. The molecule has 0 aliphatic carbocycles. The van der Waals surface area contributed by atoms with Crippen LogP contribution in [0.4, 0.5) is 13.2 Å². The van der Waals surface area contributed by atoms with Gasteiger partial charge < -0.3 is 14.9 Å². The number of H-pyrrole nitrogens is 1. The molecule has 4 rings (SSSR count). The van der Waals surface area contributed by atoms with Crippen LogP contribution in [0, 0.1) is 19.8 Å². The van der Waals surface area contributed by atoms with Gasteiger partial charge in [0.1, 0.15) is 0 Å². The summed E-state index contributed by atoms with van der Waals surface area (Å²) in [5.41, 5.74) is 3.19. The third-order valence-corrected chi connectivity index (χ3v) is 7.54. The summed E-state index contributed by atoms with van der Waals surface area (Å²) < 4.78 is 40.2. The number of benzene rings is 1. The number of rotatable bonds is 7. The molecule has 0 saturated carbocycles. The molecule has 0 spiro atoms. The van der Waals surface area contributed by atoms with Gasteiger partial charge in [-0.25, -0.2) is 0 Å². The summed E-state index contributed by atoms with van der Waals surface area (Å²) in [5, 5.41) is 3.69. The maximum atomic E-state index is 13.4. The second kappa shape index (κ2) is 9.73. The topological polar surface area (TPSA) is 70.1 Å². The summed E-state index contributed by atoms with van der Waals surface area (Å²) in [6.45, 7) is 5.59. The van der Waals surface area contributed by atoms with E-state index in [1.54, 1.807) is 0 Å². The van der Waals surface area contributed by atoms with Crippen LogP contribution in [-0.2, 0) is 6.54 Å². The lowest BCUT2D eigenvalue weighted by molar-refractivity contribution is -0.160. The number of thioether (sulfide) groups is 1. The van der Waals surface area contributed by atoms with Crippen LogP contribution in [-0.4, -0.2) is 52.4 Å². The predicted octanol–water partition coefficient (Wildman–Crippen LogP) is 4.65. The number of alkyl halides is 3. The molecule has 0 unspecified atom stereocenters. The number of fused-ring (bicyclic) bond motifs is 1. The lowest BCUT2D eigenvalue weighted by atomic mass is 9.92. The summed E-state index contributed by atoms with van der Waals surface area (Å²) in [4.78, 5) is 30.8. The number of halogens is 3. The van der Waals surface area contributed by atoms with Gasteiger partial charge in [0.2, 0.25) is 0 Å². The average Bonchev–Trinajstić information content (AvgIpc) is 3.05. The Morgan fingerprint density at radius 1 is 1.26 bits per heavy atom. The number of para-hydroxylation sites is 1. The van der Waals surface area contributed by atoms with Crippen LogP contribution in [0.25, 0.3) is 10.9 Å². The molecule has 0 bridgehead atoms. The zero-order valence-electron chi connectivity index (χ0n) is 20.1. The number of aromatic nitrogens is 2. The van der Waals surface area contributed by atoms with E-state index in [-0.39, 0.29) is 30.0 Å². The van der Waals surface area contributed by atoms with Crippen LogP contribution >= 0.6 is 11.8 Å². The molecule has 2 aromatic heterocycles. The van der Waals surface area contributed by atoms with E-state index in [0.29, 0.717) is 24.2 Å². The first kappa shape index (κ1) is 25.4. The van der Waals surface area contributed by atoms with Gasteiger partial charge in [-0.05, 0) is 39.2 Å². The first-order valence-corrected chi connectivity index (χ1v) is 12.7. The van der Waals surface area contributed by atoms with Crippen molar-refractivity contribution in [3.05, 3.63) is 63.2 Å². The zero-order valence-corrected chi connectivity index (χ0v) is 20.9. The molecule has 2 N–H and O–H groups in total. The first-order valence-electron chi connectivity index (χ1n) is 11.4. The molecule has 10 heteroatoms. The number of carbonyl (C=O) groups is 1. The molecule has 1 saturated heterocycles. The van der Waals surface area contributed by atoms with Crippen LogP contribution in [0.15, 0.2) is 40.0 Å². The Balaban J connectivity index is 1.59. The zero-order chi connectivity index (χ0) is 25.5. The monoisotopic (exact) mass is 506 g/mol. The van der Waals surface area contributed by atoms with Gasteiger partial charge in [0.15, 0.2) is 0 Å². The molecule has 188 valence electrons. The lowest BCUT2D eigenvalue weighted by Gasteiger charge is -2.43. The smallest absolute Gasteiger partial charge is 0.348 e. The summed E-state index contributed by atoms with van der Waals surface area (Å²) in [5.74, 6) is -0.234. The molecule has 1 fully saturated rings. The van der Waals surface area contributed by atoms with E-state index in [2.05, 4.69) is 14.9 Å². The van der Waals surface area contributed by atoms with E-state index in [1.165, 1.54) is 16.7 Å². The number of nitrogens with zero attached hydrogens (tertiary/aromatic N) is 2. The minimum atomic E-state index is -4.20. The number of carbonyl (C=O) groups excluding carboxylic acids is 1. The van der Waals surface area contributed by atoms with Gasteiger partial charge in [-0.15, -0.1) is 11.8 Å². The van der Waals surface area contributed by atoms with Gasteiger partial charge in [-0.1, -0.05) is 18.2 Å². The minimum Gasteiger partial charge on any atom is -0.348 e. The predicted molar refractivity (Wildman–Crippen MR) is 132 cm³/mol. The lowest BCUT2D eigenvalue weighted by Crippen LogP contribution is -2.52. The summed E-state index contributed by atoms with van der Waals surface area (Å²) in [6, 6.07) is 9.36. The Hall–Kier alpha value is -2.72. The Bertz CT molecular complexity index is 1310. The van der Waals surface area contributed by atoms with Crippen molar-refractivity contribution in [2.45, 2.75) is 44.4 Å². The molecule has 35 heavy (non-hydrogen) atoms. The minimum absolute atomic E-state index is 0.0537. The van der Waals surface area contributed by atoms with Crippen LogP contribution in [0.5, 0.6) is 0 Å². The van der Waals surface area contributed by atoms with Crippen LogP contribution in [0.3, 0.4) is 0 Å². The maximum Gasteiger partial charge on any atom is 0.401 e. The number of hydrogen-bond donors (Lipinski definition) is 2. The van der Waals surface area contributed by atoms with E-state index in [0.717, 1.165) is 27.2 Å². The molecule has 1 aromatic carbocycles. The van der Waals surface area contributed by atoms with Crippen LogP contribution < -0.4 is 10.9 Å². The molecular formula is C25H29F3N4O2S. The Morgan fingerprint density at radius 3 is 2.60 bits per heavy atom. The average molecular weight is 507 g/mol. The van der Waals surface area contributed by atoms with Crippen molar-refractivity contribution >= 4 is 28.6 Å². The van der Waals surface area contributed by atoms with E-state index < -0.39 is 12.7 Å². The highest BCUT2D eigenvalue weighted by Gasteiger charge is 2.40. The van der Waals surface area contributed by atoms with Crippen molar-refractivity contribution < 1.29 is 18.0 Å². The van der Waals surface area contributed by atoms with Crippen molar-refractivity contribution in [1.29, 1.82) is 0 Å². The van der Waals surface area contributed by atoms with E-state index in [1.807, 2.05) is 57.4 Å². The van der Waals surface area contributed by atoms with Gasteiger partial charge >= 0.3 is 6.18 Å². The maximum absolute atomic E-state index is 13.4. The number of likely N-dealkylation sites (tertiary alicyclic amines) is 1. The normalized spacial score (nSPS) is 15.9. The van der Waals surface area contributed by atoms with Gasteiger partial charge in [0, 0.05) is 64.3 Å². The molecule has 1 aliphatic rings. The second-order valence-corrected chi connectivity index (χ2v) is 10.0. The quantitative estimate of drug-likeness (QED) is 0.458. The van der Waals surface area contributed by atoms with Gasteiger partial charge in [-0.2, -0.15) is 13.2 Å². The summed E-state index contributed by atoms with van der Waals surface area (Å²) in [6.07, 6.45) is -2.32. The Morgan fingerprint density at radius 2 is 1.94 bits per heavy atom. The molecular weight excluding hydrogens is 477 g/mol. The first-order chi connectivity index (χ1) is 16.5. The van der Waals surface area contributed by atoms with Crippen molar-refractivity contribution in [3.63, 3.8) is 0 Å². The summed E-state index contributed by atoms with van der Waals surface area (Å²) in [7, 11) is 0. The molecule has 0 radical (unpaired) electrons. The van der Waals surface area contributed by atoms with Crippen LogP contribution in [0.2, 0.25) is 0 Å². The molecule has 3 heterocycles. The molecule has 1 amide bonds. The molecule has 1 atom stereocenters. The SMILES string of the molecule is CSc1cc(C)[nH]c(=O)c1CNC(=O)c1c(C)n([C@H](C)C2CN(CC(F)(F)F)C2)c2ccccc12.